The third-order valence-corrected chi connectivity index (χ3v) is 3.18. The summed E-state index contributed by atoms with van der Waals surface area (Å²) in [5, 5.41) is 11.2. The molecule has 3 nitrogen and oxygen atoms in total. The zero-order chi connectivity index (χ0) is 15.7. The van der Waals surface area contributed by atoms with E-state index >= 15 is 0 Å². The molecule has 0 atom stereocenters. The van der Waals surface area contributed by atoms with Gasteiger partial charge in [0.2, 0.25) is 0 Å². The summed E-state index contributed by atoms with van der Waals surface area (Å²) >= 11 is 5.83. The molecule has 0 N–H and O–H groups in total. The summed E-state index contributed by atoms with van der Waals surface area (Å²) in [6.45, 7) is 3.58. The molecule has 2 aromatic carbocycles. The summed E-state index contributed by atoms with van der Waals surface area (Å²) in [5.41, 5.74) is 1.69. The number of benzene rings is 2. The number of carbonyl (C=O) groups is 1. The van der Waals surface area contributed by atoms with Crippen molar-refractivity contribution in [1.82, 2.24) is 0 Å². The number of anilines is 2. The van der Waals surface area contributed by atoms with Crippen molar-refractivity contribution in [2.75, 3.05) is 4.90 Å². The molecule has 2 aromatic rings. The minimum absolute atomic E-state index is 0.194. The number of halogens is 3. The second kappa shape index (κ2) is 5.69. The summed E-state index contributed by atoms with van der Waals surface area (Å²) in [5.74, 6) is -2.34. The maximum atomic E-state index is 13.4. The lowest BCUT2D eigenvalue weighted by molar-refractivity contribution is -0.245. The molecule has 110 valence electrons. The van der Waals surface area contributed by atoms with Gasteiger partial charge in [-0.25, -0.2) is 8.78 Å². The van der Waals surface area contributed by atoms with Gasteiger partial charge in [-0.2, -0.15) is 0 Å². The molecule has 0 saturated carbocycles. The number of carbonyl (C=O) groups excluding carboxylic acids is 1. The van der Waals surface area contributed by atoms with Crippen molar-refractivity contribution in [2.45, 2.75) is 13.8 Å². The SMILES string of the molecule is Cc1cc(C)cc(N(C(=O)[O-])c2cc(F)c(F)cc2Cl)c1. The molecule has 0 heterocycles. The smallest absolute Gasteiger partial charge is 0.161 e. The lowest BCUT2D eigenvalue weighted by Gasteiger charge is -2.27. The number of hydrogen-bond donors (Lipinski definition) is 0. The number of aryl methyl sites for hydroxylation is 2. The van der Waals surface area contributed by atoms with Crippen LogP contribution in [-0.2, 0) is 0 Å². The number of hydrogen-bond acceptors (Lipinski definition) is 2. The Morgan fingerprint density at radius 3 is 2.10 bits per heavy atom. The highest BCUT2D eigenvalue weighted by atomic mass is 35.5. The molecule has 0 radical (unpaired) electrons. The normalized spacial score (nSPS) is 10.5. The predicted molar refractivity (Wildman–Crippen MR) is 74.8 cm³/mol. The fourth-order valence-electron chi connectivity index (χ4n) is 2.11. The molecular weight excluding hydrogens is 300 g/mol. The average molecular weight is 311 g/mol. The predicted octanol–water partition coefficient (Wildman–Crippen LogP) is 3.72. The summed E-state index contributed by atoms with van der Waals surface area (Å²) in [4.78, 5) is 12.1. The minimum atomic E-state index is -1.59. The van der Waals surface area contributed by atoms with E-state index in [4.69, 9.17) is 11.6 Å². The largest absolute Gasteiger partial charge is 0.529 e. The second-order valence-electron chi connectivity index (χ2n) is 4.66. The molecule has 0 bridgehead atoms. The van der Waals surface area contributed by atoms with E-state index in [2.05, 4.69) is 0 Å². The fraction of sp³-hybridized carbons (Fsp3) is 0.133. The lowest BCUT2D eigenvalue weighted by atomic mass is 10.1. The van der Waals surface area contributed by atoms with Crippen LogP contribution in [0.5, 0.6) is 0 Å². The van der Waals surface area contributed by atoms with Crippen LogP contribution in [0.4, 0.5) is 25.0 Å². The fourth-order valence-corrected chi connectivity index (χ4v) is 2.34. The average Bonchev–Trinajstić information content (AvgIpc) is 2.34. The molecule has 0 aromatic heterocycles. The lowest BCUT2D eigenvalue weighted by Crippen LogP contribution is -2.38. The Kier molecular flexibility index (Phi) is 4.14. The molecular formula is C15H11ClF2NO2-. The zero-order valence-electron chi connectivity index (χ0n) is 11.3. The van der Waals surface area contributed by atoms with E-state index in [-0.39, 0.29) is 16.4 Å². The Morgan fingerprint density at radius 1 is 1.05 bits per heavy atom. The number of amides is 1. The highest BCUT2D eigenvalue weighted by molar-refractivity contribution is 6.34. The molecule has 21 heavy (non-hydrogen) atoms. The number of carboxylic acid groups (broad SMARTS) is 1. The molecule has 1 amide bonds. The maximum Gasteiger partial charge on any atom is 0.161 e. The topological polar surface area (TPSA) is 43.4 Å². The third-order valence-electron chi connectivity index (χ3n) is 2.88. The molecule has 0 saturated heterocycles. The number of rotatable bonds is 2. The van der Waals surface area contributed by atoms with E-state index in [9.17, 15) is 18.7 Å². The van der Waals surface area contributed by atoms with Crippen LogP contribution < -0.4 is 10.0 Å². The van der Waals surface area contributed by atoms with Gasteiger partial charge in [-0.05, 0) is 43.2 Å². The first-order chi connectivity index (χ1) is 9.79. The summed E-state index contributed by atoms with van der Waals surface area (Å²) < 4.78 is 26.5. The quantitative estimate of drug-likeness (QED) is 0.794. The Labute approximate surface area is 125 Å². The van der Waals surface area contributed by atoms with Crippen molar-refractivity contribution < 1.29 is 18.7 Å². The van der Waals surface area contributed by atoms with Crippen LogP contribution in [0, 0.1) is 25.5 Å². The first-order valence-electron chi connectivity index (χ1n) is 6.03. The molecule has 0 aliphatic heterocycles. The van der Waals surface area contributed by atoms with Crippen molar-refractivity contribution in [2.24, 2.45) is 0 Å². The summed E-state index contributed by atoms with van der Waals surface area (Å²) in [6.07, 6.45) is -1.59. The van der Waals surface area contributed by atoms with Gasteiger partial charge in [-0.15, -0.1) is 0 Å². The van der Waals surface area contributed by atoms with Gasteiger partial charge in [0.15, 0.2) is 11.6 Å². The van der Waals surface area contributed by atoms with Crippen molar-refractivity contribution in [1.29, 1.82) is 0 Å². The molecule has 2 rings (SSSR count). The van der Waals surface area contributed by atoms with Gasteiger partial charge < -0.3 is 9.90 Å². The molecule has 0 fully saturated rings. The second-order valence-corrected chi connectivity index (χ2v) is 5.07. The van der Waals surface area contributed by atoms with Crippen molar-refractivity contribution in [3.05, 3.63) is 58.1 Å². The van der Waals surface area contributed by atoms with Crippen LogP contribution in [-0.4, -0.2) is 6.09 Å². The molecule has 0 aliphatic carbocycles. The van der Waals surface area contributed by atoms with Gasteiger partial charge in [0, 0.05) is 11.8 Å². The van der Waals surface area contributed by atoms with Gasteiger partial charge in [0.05, 0.1) is 10.7 Å². The van der Waals surface area contributed by atoms with E-state index in [0.717, 1.165) is 23.3 Å². The Hall–Kier alpha value is -2.14. The van der Waals surface area contributed by atoms with E-state index in [0.29, 0.717) is 4.90 Å². The van der Waals surface area contributed by atoms with Crippen molar-refractivity contribution in [3.8, 4) is 0 Å². The van der Waals surface area contributed by atoms with E-state index in [1.165, 1.54) is 0 Å². The first kappa shape index (κ1) is 15.3. The standard InChI is InChI=1S/C15H12ClF2NO2/c1-8-3-9(2)5-10(4-8)19(15(20)21)14-7-13(18)12(17)6-11(14)16/h3-7H,1-2H3,(H,20,21)/p-1. The van der Waals surface area contributed by atoms with Gasteiger partial charge in [0.1, 0.15) is 6.09 Å². The highest BCUT2D eigenvalue weighted by Crippen LogP contribution is 2.34. The van der Waals surface area contributed by atoms with Gasteiger partial charge >= 0.3 is 0 Å². The molecule has 0 unspecified atom stereocenters. The monoisotopic (exact) mass is 310 g/mol. The van der Waals surface area contributed by atoms with Crippen LogP contribution in [0.3, 0.4) is 0 Å². The van der Waals surface area contributed by atoms with Crippen LogP contribution in [0.25, 0.3) is 0 Å². The molecule has 6 heteroatoms. The van der Waals surface area contributed by atoms with E-state index < -0.39 is 17.7 Å². The Bertz CT molecular complexity index is 699. The van der Waals surface area contributed by atoms with Crippen LogP contribution in [0.15, 0.2) is 30.3 Å². The van der Waals surface area contributed by atoms with Crippen molar-refractivity contribution >= 4 is 29.1 Å². The van der Waals surface area contributed by atoms with Gasteiger partial charge in [0.25, 0.3) is 0 Å². The Morgan fingerprint density at radius 2 is 1.57 bits per heavy atom. The van der Waals surface area contributed by atoms with Gasteiger partial charge in [-0.1, -0.05) is 17.7 Å². The van der Waals surface area contributed by atoms with Gasteiger partial charge in [-0.3, -0.25) is 4.90 Å². The van der Waals surface area contributed by atoms with Crippen molar-refractivity contribution in [3.63, 3.8) is 0 Å². The Balaban J connectivity index is 2.64. The van der Waals surface area contributed by atoms with Crippen LogP contribution >= 0.6 is 11.6 Å². The minimum Gasteiger partial charge on any atom is -0.529 e. The van der Waals surface area contributed by atoms with E-state index in [1.807, 2.05) is 6.07 Å². The van der Waals surface area contributed by atoms with Crippen LogP contribution in [0.1, 0.15) is 11.1 Å². The summed E-state index contributed by atoms with van der Waals surface area (Å²) in [7, 11) is 0. The van der Waals surface area contributed by atoms with Crippen LogP contribution in [0.2, 0.25) is 5.02 Å². The summed E-state index contributed by atoms with van der Waals surface area (Å²) in [6, 6.07) is 6.47. The molecule has 0 aliphatic rings. The highest BCUT2D eigenvalue weighted by Gasteiger charge is 2.18. The van der Waals surface area contributed by atoms with E-state index in [1.54, 1.807) is 26.0 Å². The maximum absolute atomic E-state index is 13.4. The molecule has 0 spiro atoms. The number of nitrogens with zero attached hydrogens (tertiary/aromatic N) is 1. The third kappa shape index (κ3) is 3.13. The first-order valence-corrected chi connectivity index (χ1v) is 6.41. The zero-order valence-corrected chi connectivity index (χ0v) is 12.0.